The van der Waals surface area contributed by atoms with Crippen LogP contribution in [0.4, 0.5) is 18.9 Å². The monoisotopic (exact) mass is 315 g/mol. The van der Waals surface area contributed by atoms with Crippen LogP contribution in [0, 0.1) is 5.82 Å². The highest BCUT2D eigenvalue weighted by Gasteiger charge is 2.35. The molecule has 120 valence electrons. The lowest BCUT2D eigenvalue weighted by Gasteiger charge is -2.30. The summed E-state index contributed by atoms with van der Waals surface area (Å²) in [6, 6.07) is 3.53. The van der Waals surface area contributed by atoms with Crippen LogP contribution in [-0.2, 0) is 15.1 Å². The second-order valence-electron chi connectivity index (χ2n) is 5.41. The van der Waals surface area contributed by atoms with E-state index in [-0.39, 0.29) is 30.3 Å². The number of halogens is 3. The molecule has 0 aromatic heterocycles. The SMILES string of the molecule is CC(F)(F)C(=O)Nc1ccc(F)c(C2(C)COCC(N)=N2)c1. The topological polar surface area (TPSA) is 76.7 Å². The molecule has 1 aromatic carbocycles. The standard InChI is InChI=1S/C14H16F3N3O2/c1-13(7-22-6-11(18)20-13)9-5-8(3-4-10(9)15)19-12(21)14(2,16)17/h3-5H,6-7H2,1-2H3,(H2,18,20)(H,19,21). The Balaban J connectivity index is 2.36. The second-order valence-corrected chi connectivity index (χ2v) is 5.41. The third-order valence-corrected chi connectivity index (χ3v) is 3.23. The fraction of sp³-hybridized carbons (Fsp3) is 0.429. The van der Waals surface area contributed by atoms with E-state index in [1.165, 1.54) is 12.1 Å². The molecule has 2 rings (SSSR count). The minimum atomic E-state index is -3.53. The molecule has 1 amide bonds. The van der Waals surface area contributed by atoms with E-state index in [2.05, 4.69) is 4.99 Å². The van der Waals surface area contributed by atoms with Crippen LogP contribution in [0.2, 0.25) is 0 Å². The fourth-order valence-corrected chi connectivity index (χ4v) is 2.13. The van der Waals surface area contributed by atoms with Gasteiger partial charge in [0.05, 0.1) is 6.61 Å². The van der Waals surface area contributed by atoms with Gasteiger partial charge in [0.1, 0.15) is 23.8 Å². The highest BCUT2D eigenvalue weighted by atomic mass is 19.3. The Morgan fingerprint density at radius 1 is 1.50 bits per heavy atom. The molecule has 1 heterocycles. The molecule has 22 heavy (non-hydrogen) atoms. The molecular formula is C14H16F3N3O2. The zero-order valence-corrected chi connectivity index (χ0v) is 12.1. The summed E-state index contributed by atoms with van der Waals surface area (Å²) < 4.78 is 45.2. The summed E-state index contributed by atoms with van der Waals surface area (Å²) in [5.41, 5.74) is 4.67. The van der Waals surface area contributed by atoms with Gasteiger partial charge in [0.25, 0.3) is 5.91 Å². The van der Waals surface area contributed by atoms with Crippen molar-refractivity contribution in [2.75, 3.05) is 18.5 Å². The van der Waals surface area contributed by atoms with E-state index >= 15 is 0 Å². The third kappa shape index (κ3) is 3.38. The number of ether oxygens (including phenoxy) is 1. The van der Waals surface area contributed by atoms with E-state index in [0.29, 0.717) is 6.92 Å². The van der Waals surface area contributed by atoms with Crippen LogP contribution in [0.3, 0.4) is 0 Å². The van der Waals surface area contributed by atoms with Gasteiger partial charge in [0.15, 0.2) is 0 Å². The lowest BCUT2D eigenvalue weighted by molar-refractivity contribution is -0.137. The molecule has 0 aliphatic carbocycles. The molecule has 0 fully saturated rings. The van der Waals surface area contributed by atoms with E-state index in [4.69, 9.17) is 10.5 Å². The Morgan fingerprint density at radius 2 is 2.18 bits per heavy atom. The number of alkyl halides is 2. The van der Waals surface area contributed by atoms with Crippen molar-refractivity contribution in [2.24, 2.45) is 10.7 Å². The summed E-state index contributed by atoms with van der Waals surface area (Å²) in [7, 11) is 0. The van der Waals surface area contributed by atoms with E-state index in [1.807, 2.05) is 5.32 Å². The van der Waals surface area contributed by atoms with Crippen molar-refractivity contribution >= 4 is 17.4 Å². The molecule has 0 spiro atoms. The van der Waals surface area contributed by atoms with E-state index in [0.717, 1.165) is 6.07 Å². The number of carbonyl (C=O) groups is 1. The molecule has 0 bridgehead atoms. The smallest absolute Gasteiger partial charge is 0.322 e. The number of nitrogens with one attached hydrogen (secondary N) is 1. The van der Waals surface area contributed by atoms with Crippen LogP contribution in [0.5, 0.6) is 0 Å². The van der Waals surface area contributed by atoms with Crippen molar-refractivity contribution in [1.29, 1.82) is 0 Å². The first-order valence-electron chi connectivity index (χ1n) is 6.53. The Labute approximate surface area is 125 Å². The number of amides is 1. The van der Waals surface area contributed by atoms with Gasteiger partial charge >= 0.3 is 5.92 Å². The number of hydrogen-bond acceptors (Lipinski definition) is 4. The van der Waals surface area contributed by atoms with Gasteiger partial charge in [-0.3, -0.25) is 9.79 Å². The maximum Gasteiger partial charge on any atom is 0.322 e. The minimum Gasteiger partial charge on any atom is -0.386 e. The first kappa shape index (κ1) is 16.3. The number of amidine groups is 1. The zero-order chi connectivity index (χ0) is 16.5. The van der Waals surface area contributed by atoms with Crippen molar-refractivity contribution in [2.45, 2.75) is 25.3 Å². The zero-order valence-electron chi connectivity index (χ0n) is 12.1. The predicted octanol–water partition coefficient (Wildman–Crippen LogP) is 2.02. The highest BCUT2D eigenvalue weighted by Crippen LogP contribution is 2.32. The van der Waals surface area contributed by atoms with Crippen LogP contribution in [0.15, 0.2) is 23.2 Å². The Hall–Kier alpha value is -2.09. The van der Waals surface area contributed by atoms with Crippen LogP contribution in [0.25, 0.3) is 0 Å². The Kier molecular flexibility index (Phi) is 4.15. The van der Waals surface area contributed by atoms with Crippen molar-refractivity contribution < 1.29 is 22.7 Å². The third-order valence-electron chi connectivity index (χ3n) is 3.23. The number of hydrogen-bond donors (Lipinski definition) is 2. The summed E-state index contributed by atoms with van der Waals surface area (Å²) in [5, 5.41) is 2.04. The normalized spacial score (nSPS) is 22.1. The summed E-state index contributed by atoms with van der Waals surface area (Å²) in [4.78, 5) is 15.5. The number of carbonyl (C=O) groups excluding carboxylic acids is 1. The van der Waals surface area contributed by atoms with E-state index in [9.17, 15) is 18.0 Å². The maximum atomic E-state index is 14.1. The van der Waals surface area contributed by atoms with Crippen molar-refractivity contribution in [1.82, 2.24) is 0 Å². The summed E-state index contributed by atoms with van der Waals surface area (Å²) >= 11 is 0. The maximum absolute atomic E-state index is 14.1. The second kappa shape index (κ2) is 5.60. The highest BCUT2D eigenvalue weighted by molar-refractivity contribution is 5.95. The molecule has 3 N–H and O–H groups in total. The summed E-state index contributed by atoms with van der Waals surface area (Å²) in [6.45, 7) is 2.33. The van der Waals surface area contributed by atoms with Crippen LogP contribution >= 0.6 is 0 Å². The average molecular weight is 315 g/mol. The van der Waals surface area contributed by atoms with Crippen molar-refractivity contribution in [3.63, 3.8) is 0 Å². The van der Waals surface area contributed by atoms with Crippen LogP contribution in [-0.4, -0.2) is 30.9 Å². The van der Waals surface area contributed by atoms with Gasteiger partial charge in [-0.15, -0.1) is 0 Å². The lowest BCUT2D eigenvalue weighted by Crippen LogP contribution is -2.38. The molecule has 8 heteroatoms. The molecule has 1 unspecified atom stereocenters. The van der Waals surface area contributed by atoms with Crippen molar-refractivity contribution in [3.05, 3.63) is 29.6 Å². The molecule has 1 aliphatic heterocycles. The van der Waals surface area contributed by atoms with Gasteiger partial charge in [-0.05, 0) is 25.1 Å². The van der Waals surface area contributed by atoms with Gasteiger partial charge in [-0.25, -0.2) is 4.39 Å². The number of rotatable bonds is 3. The Morgan fingerprint density at radius 3 is 2.77 bits per heavy atom. The van der Waals surface area contributed by atoms with Gasteiger partial charge in [-0.1, -0.05) is 0 Å². The first-order valence-corrected chi connectivity index (χ1v) is 6.53. The van der Waals surface area contributed by atoms with Crippen LogP contribution < -0.4 is 11.1 Å². The van der Waals surface area contributed by atoms with Crippen LogP contribution in [0.1, 0.15) is 19.4 Å². The predicted molar refractivity (Wildman–Crippen MR) is 75.4 cm³/mol. The minimum absolute atomic E-state index is 0.0449. The molecule has 1 aliphatic rings. The molecule has 5 nitrogen and oxygen atoms in total. The molecule has 1 aromatic rings. The van der Waals surface area contributed by atoms with Gasteiger partial charge in [0.2, 0.25) is 0 Å². The summed E-state index contributed by atoms with van der Waals surface area (Å²) in [6.07, 6.45) is 0. The van der Waals surface area contributed by atoms with Crippen molar-refractivity contribution in [3.8, 4) is 0 Å². The molecule has 0 radical (unpaired) electrons. The average Bonchev–Trinajstić information content (AvgIpc) is 2.39. The van der Waals surface area contributed by atoms with Gasteiger partial charge in [-0.2, -0.15) is 8.78 Å². The molecule has 0 saturated carbocycles. The number of anilines is 1. The van der Waals surface area contributed by atoms with E-state index < -0.39 is 23.2 Å². The summed E-state index contributed by atoms with van der Waals surface area (Å²) in [5.74, 6) is -5.39. The molecule has 1 atom stereocenters. The number of nitrogens with zero attached hydrogens (tertiary/aromatic N) is 1. The first-order chi connectivity index (χ1) is 10.1. The lowest BCUT2D eigenvalue weighted by atomic mass is 9.92. The molecular weight excluding hydrogens is 299 g/mol. The number of aliphatic imine (C=N–C) groups is 1. The Bertz CT molecular complexity index is 628. The number of benzene rings is 1. The number of nitrogens with two attached hydrogens (primary N) is 1. The van der Waals surface area contributed by atoms with E-state index in [1.54, 1.807) is 6.92 Å². The fourth-order valence-electron chi connectivity index (χ4n) is 2.13. The molecule has 0 saturated heterocycles. The van der Waals surface area contributed by atoms with Gasteiger partial charge < -0.3 is 15.8 Å². The largest absolute Gasteiger partial charge is 0.386 e. The van der Waals surface area contributed by atoms with Gasteiger partial charge in [0, 0.05) is 18.2 Å². The quantitative estimate of drug-likeness (QED) is 0.896.